The maximum absolute atomic E-state index is 6.07. The third-order valence-electron chi connectivity index (χ3n) is 3.07. The van der Waals surface area contributed by atoms with E-state index in [0.717, 1.165) is 17.9 Å². The third-order valence-corrected chi connectivity index (χ3v) is 5.30. The van der Waals surface area contributed by atoms with E-state index in [-0.39, 0.29) is 0 Å². The van der Waals surface area contributed by atoms with Crippen molar-refractivity contribution in [2.24, 2.45) is 0 Å². The van der Waals surface area contributed by atoms with E-state index in [0.29, 0.717) is 34.3 Å². The van der Waals surface area contributed by atoms with E-state index in [9.17, 15) is 0 Å². The van der Waals surface area contributed by atoms with E-state index in [1.54, 1.807) is 0 Å². The Kier molecular flexibility index (Phi) is 4.82. The number of anilines is 2. The van der Waals surface area contributed by atoms with E-state index in [2.05, 4.69) is 73.9 Å². The van der Waals surface area contributed by atoms with E-state index in [4.69, 9.17) is 15.9 Å². The highest BCUT2D eigenvalue weighted by Crippen LogP contribution is 2.38. The van der Waals surface area contributed by atoms with Crippen LogP contribution in [0.4, 0.5) is 11.4 Å². The van der Waals surface area contributed by atoms with Crippen molar-refractivity contribution in [2.45, 2.75) is 0 Å². The van der Waals surface area contributed by atoms with Gasteiger partial charge in [-0.2, -0.15) is 0 Å². The average molecular weight is 568 g/mol. The van der Waals surface area contributed by atoms with Gasteiger partial charge in [0.25, 0.3) is 0 Å². The summed E-state index contributed by atoms with van der Waals surface area (Å²) in [4.78, 5) is 0. The van der Waals surface area contributed by atoms with Crippen LogP contribution in [-0.2, 0) is 0 Å². The van der Waals surface area contributed by atoms with Gasteiger partial charge in [-0.25, -0.2) is 0 Å². The Labute approximate surface area is 165 Å². The first kappa shape index (κ1) is 16.9. The lowest BCUT2D eigenvalue weighted by Gasteiger charge is -2.06. The zero-order valence-corrected chi connectivity index (χ0v) is 17.6. The van der Waals surface area contributed by atoms with Gasteiger partial charge in [0, 0.05) is 17.9 Å². The Bertz CT molecular complexity index is 838. The van der Waals surface area contributed by atoms with E-state index in [1.165, 1.54) is 0 Å². The first-order valence-corrected chi connectivity index (χ1v) is 9.37. The minimum atomic E-state index is 0.315. The van der Waals surface area contributed by atoms with Crippen molar-refractivity contribution in [1.29, 1.82) is 0 Å². The van der Waals surface area contributed by atoms with Crippen LogP contribution in [0.5, 0.6) is 0 Å². The SMILES string of the molecule is Nc1c(Br)cc(Br)cc1-c1nnc(-c2cc(Br)cc(Br)c2N)o1. The van der Waals surface area contributed by atoms with Crippen molar-refractivity contribution in [2.75, 3.05) is 11.5 Å². The van der Waals surface area contributed by atoms with Gasteiger partial charge in [0.1, 0.15) is 0 Å². The molecule has 0 saturated heterocycles. The van der Waals surface area contributed by atoms with Crippen LogP contribution in [0.1, 0.15) is 0 Å². The number of rotatable bonds is 2. The van der Waals surface area contributed by atoms with Crippen LogP contribution in [0.2, 0.25) is 0 Å². The molecule has 0 bridgehead atoms. The molecule has 9 heteroatoms. The number of benzene rings is 2. The summed E-state index contributed by atoms with van der Waals surface area (Å²) in [6.07, 6.45) is 0. The van der Waals surface area contributed by atoms with Gasteiger partial charge >= 0.3 is 0 Å². The summed E-state index contributed by atoms with van der Waals surface area (Å²) in [6, 6.07) is 7.33. The number of nitrogens with zero attached hydrogens (tertiary/aromatic N) is 2. The van der Waals surface area contributed by atoms with Crippen LogP contribution in [0.25, 0.3) is 22.9 Å². The molecule has 0 aliphatic rings. The van der Waals surface area contributed by atoms with Gasteiger partial charge in [0.15, 0.2) is 0 Å². The lowest BCUT2D eigenvalue weighted by Crippen LogP contribution is -1.92. The van der Waals surface area contributed by atoms with E-state index >= 15 is 0 Å². The normalized spacial score (nSPS) is 11.0. The van der Waals surface area contributed by atoms with Crippen molar-refractivity contribution < 1.29 is 4.42 Å². The molecule has 1 heterocycles. The first-order valence-electron chi connectivity index (χ1n) is 6.20. The minimum Gasteiger partial charge on any atom is -0.416 e. The fourth-order valence-corrected chi connectivity index (χ4v) is 4.41. The second-order valence-corrected chi connectivity index (χ2v) is 8.15. The number of hydrogen-bond donors (Lipinski definition) is 2. The van der Waals surface area contributed by atoms with E-state index < -0.39 is 0 Å². The van der Waals surface area contributed by atoms with Crippen molar-refractivity contribution >= 4 is 75.1 Å². The van der Waals surface area contributed by atoms with Gasteiger partial charge in [0.05, 0.1) is 22.5 Å². The monoisotopic (exact) mass is 564 g/mol. The molecule has 3 aromatic rings. The van der Waals surface area contributed by atoms with Gasteiger partial charge in [0.2, 0.25) is 11.8 Å². The Morgan fingerprint density at radius 2 is 1.09 bits per heavy atom. The lowest BCUT2D eigenvalue weighted by molar-refractivity contribution is 0.585. The van der Waals surface area contributed by atoms with Crippen molar-refractivity contribution in [3.63, 3.8) is 0 Å². The molecule has 0 saturated carbocycles. The molecule has 4 N–H and O–H groups in total. The van der Waals surface area contributed by atoms with Gasteiger partial charge in [-0.05, 0) is 56.1 Å². The number of hydrogen-bond acceptors (Lipinski definition) is 5. The summed E-state index contributed by atoms with van der Waals surface area (Å²) in [7, 11) is 0. The molecule has 3 rings (SSSR count). The zero-order chi connectivity index (χ0) is 16.7. The number of halogens is 4. The molecule has 0 fully saturated rings. The highest BCUT2D eigenvalue weighted by atomic mass is 79.9. The van der Waals surface area contributed by atoms with Crippen LogP contribution in [0.15, 0.2) is 46.6 Å². The number of aromatic nitrogens is 2. The molecule has 0 amide bonds. The molecule has 0 aliphatic carbocycles. The molecule has 1 aromatic heterocycles. The molecular formula is C14H8Br4N4O. The maximum Gasteiger partial charge on any atom is 0.250 e. The quantitative estimate of drug-likeness (QED) is 0.393. The molecule has 0 spiro atoms. The Hall–Kier alpha value is -0.900. The van der Waals surface area contributed by atoms with Gasteiger partial charge in [-0.1, -0.05) is 31.9 Å². The minimum absolute atomic E-state index is 0.315. The molecule has 5 nitrogen and oxygen atoms in total. The summed E-state index contributed by atoms with van der Waals surface area (Å²) in [5, 5.41) is 8.16. The molecule has 0 atom stereocenters. The summed E-state index contributed by atoms with van der Waals surface area (Å²) in [5.74, 6) is 0.630. The highest BCUT2D eigenvalue weighted by Gasteiger charge is 2.18. The predicted molar refractivity (Wildman–Crippen MR) is 105 cm³/mol. The van der Waals surface area contributed by atoms with Crippen molar-refractivity contribution in [3.8, 4) is 22.9 Å². The topological polar surface area (TPSA) is 91.0 Å². The molecular weight excluding hydrogens is 560 g/mol. The molecule has 23 heavy (non-hydrogen) atoms. The number of nitrogen functional groups attached to an aromatic ring is 2. The van der Waals surface area contributed by atoms with Crippen LogP contribution in [0, 0.1) is 0 Å². The first-order chi connectivity index (χ1) is 10.9. The fourth-order valence-electron chi connectivity index (χ4n) is 1.96. The van der Waals surface area contributed by atoms with Crippen LogP contribution in [-0.4, -0.2) is 10.2 Å². The second-order valence-electron chi connectivity index (χ2n) is 4.61. The fraction of sp³-hybridized carbons (Fsp3) is 0. The van der Waals surface area contributed by atoms with E-state index in [1.807, 2.05) is 24.3 Å². The Balaban J connectivity index is 2.12. The van der Waals surface area contributed by atoms with Crippen LogP contribution < -0.4 is 11.5 Å². The maximum atomic E-state index is 6.07. The second kappa shape index (κ2) is 6.54. The largest absolute Gasteiger partial charge is 0.416 e. The number of nitrogens with two attached hydrogens (primary N) is 2. The smallest absolute Gasteiger partial charge is 0.250 e. The predicted octanol–water partition coefficient (Wildman–Crippen LogP) is 5.62. The zero-order valence-electron chi connectivity index (χ0n) is 11.3. The summed E-state index contributed by atoms with van der Waals surface area (Å²) < 4.78 is 8.95. The molecule has 0 aliphatic heterocycles. The van der Waals surface area contributed by atoms with Gasteiger partial charge in [-0.3, -0.25) is 0 Å². The van der Waals surface area contributed by atoms with Crippen LogP contribution >= 0.6 is 63.7 Å². The summed E-state index contributed by atoms with van der Waals surface area (Å²) in [6.45, 7) is 0. The Morgan fingerprint density at radius 1 is 0.696 bits per heavy atom. The Morgan fingerprint density at radius 3 is 1.48 bits per heavy atom. The van der Waals surface area contributed by atoms with Gasteiger partial charge in [-0.15, -0.1) is 10.2 Å². The lowest BCUT2D eigenvalue weighted by atomic mass is 10.2. The highest BCUT2D eigenvalue weighted by molar-refractivity contribution is 9.11. The summed E-state index contributed by atoms with van der Waals surface area (Å²) >= 11 is 13.6. The van der Waals surface area contributed by atoms with Gasteiger partial charge < -0.3 is 15.9 Å². The van der Waals surface area contributed by atoms with Crippen LogP contribution in [0.3, 0.4) is 0 Å². The molecule has 118 valence electrons. The average Bonchev–Trinajstić information content (AvgIpc) is 2.96. The molecule has 2 aromatic carbocycles. The molecule has 0 radical (unpaired) electrons. The third kappa shape index (κ3) is 3.33. The summed E-state index contributed by atoms with van der Waals surface area (Å²) in [5.41, 5.74) is 14.5. The standard InChI is InChI=1S/C14H8Br4N4O/c15-5-1-7(11(19)9(17)3-5)13-21-22-14(23-13)8-2-6(16)4-10(18)12(8)20/h1-4H,19-20H2. The van der Waals surface area contributed by atoms with Crippen molar-refractivity contribution in [1.82, 2.24) is 10.2 Å². The molecule has 0 unspecified atom stereocenters. The van der Waals surface area contributed by atoms with Crippen molar-refractivity contribution in [3.05, 3.63) is 42.2 Å².